The summed E-state index contributed by atoms with van der Waals surface area (Å²) in [6.07, 6.45) is 3.60. The Morgan fingerprint density at radius 2 is 1.89 bits per heavy atom. The van der Waals surface area contributed by atoms with Crippen LogP contribution >= 0.6 is 0 Å². The van der Waals surface area contributed by atoms with Crippen molar-refractivity contribution in [2.24, 2.45) is 5.92 Å². The zero-order valence-corrected chi connectivity index (χ0v) is 12.9. The second kappa shape index (κ2) is 8.78. The van der Waals surface area contributed by atoms with Crippen molar-refractivity contribution in [1.29, 1.82) is 0 Å². The molecule has 0 radical (unpaired) electrons. The fourth-order valence-electron chi connectivity index (χ4n) is 2.19. The Labute approximate surface area is 118 Å². The van der Waals surface area contributed by atoms with Crippen molar-refractivity contribution in [1.82, 2.24) is 4.98 Å². The normalized spacial score (nSPS) is 10.8. The Hall–Kier alpha value is -1.25. The molecular formula is C16H29N3. The number of anilines is 2. The highest BCUT2D eigenvalue weighted by molar-refractivity contribution is 5.47. The van der Waals surface area contributed by atoms with Crippen molar-refractivity contribution in [2.75, 3.05) is 29.9 Å². The van der Waals surface area contributed by atoms with Gasteiger partial charge in [-0.2, -0.15) is 0 Å². The summed E-state index contributed by atoms with van der Waals surface area (Å²) in [6.45, 7) is 12.0. The van der Waals surface area contributed by atoms with Crippen LogP contribution in [0.15, 0.2) is 18.2 Å². The lowest BCUT2D eigenvalue weighted by atomic mass is 10.0. The van der Waals surface area contributed by atoms with Crippen LogP contribution in [0.2, 0.25) is 0 Å². The first kappa shape index (κ1) is 15.8. The molecule has 0 aromatic carbocycles. The molecule has 0 unspecified atom stereocenters. The molecule has 1 rings (SSSR count). The Bertz CT molecular complexity index is 348. The molecule has 0 amide bonds. The van der Waals surface area contributed by atoms with Gasteiger partial charge in [-0.15, -0.1) is 0 Å². The molecule has 19 heavy (non-hydrogen) atoms. The van der Waals surface area contributed by atoms with Crippen molar-refractivity contribution in [3.05, 3.63) is 18.2 Å². The van der Waals surface area contributed by atoms with Gasteiger partial charge in [0.1, 0.15) is 11.6 Å². The number of aromatic nitrogens is 1. The number of nitrogens with one attached hydrogen (secondary N) is 1. The minimum Gasteiger partial charge on any atom is -0.370 e. The van der Waals surface area contributed by atoms with E-state index in [-0.39, 0.29) is 0 Å². The highest BCUT2D eigenvalue weighted by Gasteiger charge is 2.11. The smallest absolute Gasteiger partial charge is 0.130 e. The van der Waals surface area contributed by atoms with Crippen molar-refractivity contribution in [2.45, 2.75) is 47.0 Å². The van der Waals surface area contributed by atoms with E-state index in [2.05, 4.69) is 50.0 Å². The van der Waals surface area contributed by atoms with Gasteiger partial charge in [0.05, 0.1) is 0 Å². The Morgan fingerprint density at radius 1 is 1.16 bits per heavy atom. The first-order valence-electron chi connectivity index (χ1n) is 7.70. The lowest BCUT2D eigenvalue weighted by Gasteiger charge is -2.26. The number of hydrogen-bond donors (Lipinski definition) is 1. The van der Waals surface area contributed by atoms with Gasteiger partial charge < -0.3 is 10.2 Å². The van der Waals surface area contributed by atoms with E-state index in [0.717, 1.165) is 43.6 Å². The molecule has 0 spiro atoms. The Kier molecular flexibility index (Phi) is 7.31. The third-order valence-electron chi connectivity index (χ3n) is 3.63. The lowest BCUT2D eigenvalue weighted by Crippen LogP contribution is -2.29. The molecule has 0 fully saturated rings. The zero-order valence-electron chi connectivity index (χ0n) is 12.9. The van der Waals surface area contributed by atoms with E-state index >= 15 is 0 Å². The van der Waals surface area contributed by atoms with E-state index in [4.69, 9.17) is 4.98 Å². The lowest BCUT2D eigenvalue weighted by molar-refractivity contribution is 0.484. The highest BCUT2D eigenvalue weighted by atomic mass is 15.2. The molecule has 0 aliphatic heterocycles. The number of rotatable bonds is 9. The van der Waals surface area contributed by atoms with Gasteiger partial charge in [0.2, 0.25) is 0 Å². The molecule has 1 heterocycles. The van der Waals surface area contributed by atoms with Crippen LogP contribution < -0.4 is 10.2 Å². The summed E-state index contributed by atoms with van der Waals surface area (Å²) in [6, 6.07) is 6.25. The zero-order chi connectivity index (χ0) is 14.1. The summed E-state index contributed by atoms with van der Waals surface area (Å²) < 4.78 is 0. The van der Waals surface area contributed by atoms with E-state index in [1.165, 1.54) is 12.8 Å². The van der Waals surface area contributed by atoms with Gasteiger partial charge in [-0.3, -0.25) is 0 Å². The summed E-state index contributed by atoms with van der Waals surface area (Å²) in [5.74, 6) is 2.84. The summed E-state index contributed by atoms with van der Waals surface area (Å²) >= 11 is 0. The minimum atomic E-state index is 0.758. The minimum absolute atomic E-state index is 0.758. The highest BCUT2D eigenvalue weighted by Crippen LogP contribution is 2.18. The molecule has 0 aliphatic carbocycles. The SMILES string of the molecule is CCCNc1cccc(N(CC)CC(CC)CC)n1. The fraction of sp³-hybridized carbons (Fsp3) is 0.688. The molecule has 3 nitrogen and oxygen atoms in total. The van der Waals surface area contributed by atoms with E-state index < -0.39 is 0 Å². The third-order valence-corrected chi connectivity index (χ3v) is 3.63. The molecular weight excluding hydrogens is 234 g/mol. The maximum absolute atomic E-state index is 4.72. The Balaban J connectivity index is 2.74. The predicted octanol–water partition coefficient (Wildman–Crippen LogP) is 4.17. The van der Waals surface area contributed by atoms with Crippen LogP contribution in [-0.4, -0.2) is 24.6 Å². The van der Waals surface area contributed by atoms with E-state index in [1.807, 2.05) is 6.07 Å². The van der Waals surface area contributed by atoms with Crippen LogP contribution in [0, 0.1) is 5.92 Å². The quantitative estimate of drug-likeness (QED) is 0.725. The van der Waals surface area contributed by atoms with Gasteiger partial charge in [-0.25, -0.2) is 4.98 Å². The topological polar surface area (TPSA) is 28.2 Å². The summed E-state index contributed by atoms with van der Waals surface area (Å²) in [7, 11) is 0. The summed E-state index contributed by atoms with van der Waals surface area (Å²) in [5, 5.41) is 3.36. The van der Waals surface area contributed by atoms with Crippen LogP contribution in [0.5, 0.6) is 0 Å². The van der Waals surface area contributed by atoms with Gasteiger partial charge in [-0.1, -0.05) is 39.7 Å². The molecule has 1 N–H and O–H groups in total. The van der Waals surface area contributed by atoms with Crippen LogP contribution in [0.1, 0.15) is 47.0 Å². The van der Waals surface area contributed by atoms with Crippen LogP contribution in [0.3, 0.4) is 0 Å². The van der Waals surface area contributed by atoms with Crippen LogP contribution in [-0.2, 0) is 0 Å². The first-order chi connectivity index (χ1) is 9.24. The Morgan fingerprint density at radius 3 is 2.47 bits per heavy atom. The van der Waals surface area contributed by atoms with E-state index in [0.29, 0.717) is 0 Å². The van der Waals surface area contributed by atoms with Crippen molar-refractivity contribution >= 4 is 11.6 Å². The second-order valence-electron chi connectivity index (χ2n) is 5.03. The van der Waals surface area contributed by atoms with Gasteiger partial charge in [0, 0.05) is 19.6 Å². The fourth-order valence-corrected chi connectivity index (χ4v) is 2.19. The average molecular weight is 263 g/mol. The third kappa shape index (κ3) is 5.09. The molecule has 1 aromatic heterocycles. The predicted molar refractivity (Wildman–Crippen MR) is 85.0 cm³/mol. The second-order valence-corrected chi connectivity index (χ2v) is 5.03. The summed E-state index contributed by atoms with van der Waals surface area (Å²) in [5.41, 5.74) is 0. The molecule has 0 saturated carbocycles. The molecule has 1 aromatic rings. The van der Waals surface area contributed by atoms with Crippen LogP contribution in [0.25, 0.3) is 0 Å². The standard InChI is InChI=1S/C16H29N3/c1-5-12-17-15-10-9-11-16(18-15)19(8-4)13-14(6-2)7-3/h9-11,14H,5-8,12-13H2,1-4H3,(H,17,18). The van der Waals surface area contributed by atoms with E-state index in [9.17, 15) is 0 Å². The number of pyridine rings is 1. The van der Waals surface area contributed by atoms with Gasteiger partial charge >= 0.3 is 0 Å². The molecule has 0 aliphatic rings. The first-order valence-corrected chi connectivity index (χ1v) is 7.70. The largest absolute Gasteiger partial charge is 0.370 e. The molecule has 108 valence electrons. The molecule has 0 bridgehead atoms. The average Bonchev–Trinajstić information content (AvgIpc) is 2.47. The monoisotopic (exact) mass is 263 g/mol. The molecule has 0 atom stereocenters. The van der Waals surface area contributed by atoms with Gasteiger partial charge in [-0.05, 0) is 31.4 Å². The molecule has 0 saturated heterocycles. The number of hydrogen-bond acceptors (Lipinski definition) is 3. The van der Waals surface area contributed by atoms with Crippen molar-refractivity contribution in [3.63, 3.8) is 0 Å². The van der Waals surface area contributed by atoms with Crippen molar-refractivity contribution < 1.29 is 0 Å². The maximum atomic E-state index is 4.72. The molecule has 3 heteroatoms. The van der Waals surface area contributed by atoms with Gasteiger partial charge in [0.15, 0.2) is 0 Å². The maximum Gasteiger partial charge on any atom is 0.130 e. The number of nitrogens with zero attached hydrogens (tertiary/aromatic N) is 2. The van der Waals surface area contributed by atoms with Gasteiger partial charge in [0.25, 0.3) is 0 Å². The van der Waals surface area contributed by atoms with E-state index in [1.54, 1.807) is 0 Å². The van der Waals surface area contributed by atoms with Crippen molar-refractivity contribution in [3.8, 4) is 0 Å². The summed E-state index contributed by atoms with van der Waals surface area (Å²) in [4.78, 5) is 7.10. The van der Waals surface area contributed by atoms with Crippen LogP contribution in [0.4, 0.5) is 11.6 Å².